The molecule has 1 aliphatic rings. The van der Waals surface area contributed by atoms with Crippen LogP contribution in [0.2, 0.25) is 0 Å². The summed E-state index contributed by atoms with van der Waals surface area (Å²) in [5.74, 6) is 0.329. The van der Waals surface area contributed by atoms with E-state index in [4.69, 9.17) is 16.6 Å². The lowest BCUT2D eigenvalue weighted by Gasteiger charge is -2.35. The van der Waals surface area contributed by atoms with E-state index in [0.717, 1.165) is 13.1 Å². The Kier molecular flexibility index (Phi) is 4.57. The summed E-state index contributed by atoms with van der Waals surface area (Å²) in [6, 6.07) is 3.41. The van der Waals surface area contributed by atoms with Crippen molar-refractivity contribution in [1.29, 1.82) is 0 Å². The first-order chi connectivity index (χ1) is 9.22. The van der Waals surface area contributed by atoms with Gasteiger partial charge >= 0.3 is 0 Å². The topological polar surface area (TPSA) is 48.7 Å². The smallest absolute Gasteiger partial charge is 0.289 e. The van der Waals surface area contributed by atoms with Gasteiger partial charge in [0, 0.05) is 32.7 Å². The highest BCUT2D eigenvalue weighted by Crippen LogP contribution is 2.09. The molecule has 1 aliphatic heterocycles. The van der Waals surface area contributed by atoms with Crippen molar-refractivity contribution in [2.24, 2.45) is 0 Å². The van der Waals surface area contributed by atoms with Crippen molar-refractivity contribution in [3.05, 3.63) is 36.8 Å². The van der Waals surface area contributed by atoms with E-state index in [1.54, 1.807) is 23.1 Å². The van der Waals surface area contributed by atoms with Gasteiger partial charge in [-0.05, 0) is 24.4 Å². The van der Waals surface area contributed by atoms with E-state index in [0.29, 0.717) is 30.5 Å². The summed E-state index contributed by atoms with van der Waals surface area (Å²) in [6.07, 6.45) is 3.28. The average molecular weight is 279 g/mol. The van der Waals surface area contributed by atoms with Gasteiger partial charge in [0.25, 0.3) is 5.91 Å². The second kappa shape index (κ2) is 6.38. The minimum absolute atomic E-state index is 0.0605. The van der Waals surface area contributed by atoms with Crippen LogP contribution in [0.25, 0.3) is 0 Å². The highest BCUT2D eigenvalue weighted by atomic mass is 32.1. The summed E-state index contributed by atoms with van der Waals surface area (Å²) in [7, 11) is 0. The van der Waals surface area contributed by atoms with Crippen molar-refractivity contribution in [2.45, 2.75) is 0 Å². The van der Waals surface area contributed by atoms with E-state index in [1.807, 2.05) is 0 Å². The number of hydrogen-bond acceptors (Lipinski definition) is 3. The van der Waals surface area contributed by atoms with E-state index in [9.17, 15) is 4.79 Å². The normalized spacial score (nSPS) is 15.2. The van der Waals surface area contributed by atoms with Gasteiger partial charge in [0.1, 0.15) is 0 Å². The second-order valence-electron chi connectivity index (χ2n) is 4.23. The monoisotopic (exact) mass is 279 g/mol. The first kappa shape index (κ1) is 13.6. The first-order valence-corrected chi connectivity index (χ1v) is 6.59. The van der Waals surface area contributed by atoms with Gasteiger partial charge in [0.15, 0.2) is 10.9 Å². The fourth-order valence-corrected chi connectivity index (χ4v) is 2.21. The van der Waals surface area contributed by atoms with Gasteiger partial charge in [-0.1, -0.05) is 6.08 Å². The quantitative estimate of drug-likeness (QED) is 0.663. The van der Waals surface area contributed by atoms with E-state index in [1.165, 1.54) is 6.26 Å². The van der Waals surface area contributed by atoms with Gasteiger partial charge < -0.3 is 19.5 Å². The number of nitrogens with one attached hydrogen (secondary N) is 1. The maximum Gasteiger partial charge on any atom is 0.289 e. The van der Waals surface area contributed by atoms with Gasteiger partial charge in [0.2, 0.25) is 0 Å². The molecule has 0 spiro atoms. The molecule has 0 bridgehead atoms. The Morgan fingerprint density at radius 2 is 2.11 bits per heavy atom. The van der Waals surface area contributed by atoms with Crippen LogP contribution < -0.4 is 5.32 Å². The minimum Gasteiger partial charge on any atom is -0.459 e. The molecule has 1 fully saturated rings. The molecule has 0 unspecified atom stereocenters. The van der Waals surface area contributed by atoms with Crippen molar-refractivity contribution < 1.29 is 9.21 Å². The Bertz CT molecular complexity index is 450. The van der Waals surface area contributed by atoms with Gasteiger partial charge in [-0.15, -0.1) is 6.58 Å². The van der Waals surface area contributed by atoms with Crippen molar-refractivity contribution in [3.63, 3.8) is 0 Å². The predicted molar refractivity (Wildman–Crippen MR) is 77.0 cm³/mol. The van der Waals surface area contributed by atoms with Gasteiger partial charge in [-0.3, -0.25) is 4.79 Å². The number of carbonyl (C=O) groups is 1. The predicted octanol–water partition coefficient (Wildman–Crippen LogP) is 1.10. The number of amides is 1. The molecule has 5 nitrogen and oxygen atoms in total. The molecular weight excluding hydrogens is 262 g/mol. The van der Waals surface area contributed by atoms with E-state index in [2.05, 4.69) is 16.8 Å². The Hall–Kier alpha value is -1.82. The molecule has 2 rings (SSSR count). The van der Waals surface area contributed by atoms with Crippen molar-refractivity contribution in [2.75, 3.05) is 32.7 Å². The number of furan rings is 1. The van der Waals surface area contributed by atoms with Crippen LogP contribution >= 0.6 is 12.2 Å². The molecule has 1 N–H and O–H groups in total. The molecule has 0 saturated carbocycles. The summed E-state index contributed by atoms with van der Waals surface area (Å²) >= 11 is 5.27. The van der Waals surface area contributed by atoms with Crippen LogP contribution in [0.1, 0.15) is 10.6 Å². The average Bonchev–Trinajstić information content (AvgIpc) is 2.98. The van der Waals surface area contributed by atoms with Crippen LogP contribution in [-0.2, 0) is 0 Å². The maximum absolute atomic E-state index is 12.1. The number of rotatable bonds is 3. The summed E-state index contributed by atoms with van der Waals surface area (Å²) in [6.45, 7) is 7.05. The molecule has 6 heteroatoms. The lowest BCUT2D eigenvalue weighted by atomic mass is 10.3. The Labute approximate surface area is 117 Å². The maximum atomic E-state index is 12.1. The van der Waals surface area contributed by atoms with E-state index < -0.39 is 0 Å². The SMILES string of the molecule is C=CCNC(=S)N1CCN(C(=O)c2ccco2)CC1. The molecule has 102 valence electrons. The highest BCUT2D eigenvalue weighted by molar-refractivity contribution is 7.80. The molecule has 1 amide bonds. The van der Waals surface area contributed by atoms with Crippen molar-refractivity contribution in [1.82, 2.24) is 15.1 Å². The van der Waals surface area contributed by atoms with Crippen LogP contribution in [0.3, 0.4) is 0 Å². The Balaban J connectivity index is 1.84. The van der Waals surface area contributed by atoms with Crippen LogP contribution in [0.4, 0.5) is 0 Å². The number of piperazine rings is 1. The molecule has 1 aromatic heterocycles. The fraction of sp³-hybridized carbons (Fsp3) is 0.385. The zero-order valence-corrected chi connectivity index (χ0v) is 11.5. The highest BCUT2D eigenvalue weighted by Gasteiger charge is 2.24. The molecule has 0 radical (unpaired) electrons. The summed E-state index contributed by atoms with van der Waals surface area (Å²) in [5.41, 5.74) is 0. The second-order valence-corrected chi connectivity index (χ2v) is 4.62. The summed E-state index contributed by atoms with van der Waals surface area (Å²) < 4.78 is 5.12. The number of thiocarbonyl (C=S) groups is 1. The number of nitrogens with zero attached hydrogens (tertiary/aromatic N) is 2. The molecule has 1 aromatic rings. The summed E-state index contributed by atoms with van der Waals surface area (Å²) in [5, 5.41) is 3.80. The summed E-state index contributed by atoms with van der Waals surface area (Å²) in [4.78, 5) is 15.9. The van der Waals surface area contributed by atoms with Crippen LogP contribution in [-0.4, -0.2) is 53.5 Å². The molecule has 19 heavy (non-hydrogen) atoms. The fourth-order valence-electron chi connectivity index (χ4n) is 1.94. The van der Waals surface area contributed by atoms with Gasteiger partial charge in [-0.2, -0.15) is 0 Å². The van der Waals surface area contributed by atoms with Crippen molar-refractivity contribution >= 4 is 23.2 Å². The lowest BCUT2D eigenvalue weighted by Crippen LogP contribution is -2.53. The Morgan fingerprint density at radius 3 is 2.68 bits per heavy atom. The minimum atomic E-state index is -0.0605. The van der Waals surface area contributed by atoms with Crippen LogP contribution in [0.5, 0.6) is 0 Å². The number of carbonyl (C=O) groups excluding carboxylic acids is 1. The standard InChI is InChI=1S/C13H17N3O2S/c1-2-5-14-13(19)16-8-6-15(7-9-16)12(17)11-4-3-10-18-11/h2-4,10H,1,5-9H2,(H,14,19). The largest absolute Gasteiger partial charge is 0.459 e. The lowest BCUT2D eigenvalue weighted by molar-refractivity contribution is 0.0659. The third kappa shape index (κ3) is 3.35. The Morgan fingerprint density at radius 1 is 1.42 bits per heavy atom. The molecule has 0 atom stereocenters. The third-order valence-corrected chi connectivity index (χ3v) is 3.39. The van der Waals surface area contributed by atoms with Crippen LogP contribution in [0.15, 0.2) is 35.5 Å². The molecular formula is C13H17N3O2S. The molecule has 2 heterocycles. The molecule has 0 aliphatic carbocycles. The van der Waals surface area contributed by atoms with E-state index in [-0.39, 0.29) is 5.91 Å². The van der Waals surface area contributed by atoms with Gasteiger partial charge in [-0.25, -0.2) is 0 Å². The zero-order chi connectivity index (χ0) is 13.7. The molecule has 0 aromatic carbocycles. The van der Waals surface area contributed by atoms with Crippen LogP contribution in [0, 0.1) is 0 Å². The third-order valence-electron chi connectivity index (χ3n) is 2.98. The van der Waals surface area contributed by atoms with Gasteiger partial charge in [0.05, 0.1) is 6.26 Å². The number of hydrogen-bond donors (Lipinski definition) is 1. The molecule has 1 saturated heterocycles. The van der Waals surface area contributed by atoms with E-state index >= 15 is 0 Å². The van der Waals surface area contributed by atoms with Crippen molar-refractivity contribution in [3.8, 4) is 0 Å². The zero-order valence-electron chi connectivity index (χ0n) is 10.7. The first-order valence-electron chi connectivity index (χ1n) is 6.19.